The second kappa shape index (κ2) is 6.85. The SMILES string of the molecule is CC(CC(=O)N1C2CC3(C)CC1CC(O)(C2)C3)c1c[nH]c2ccc(F)c(OC(F)(F)F)c12. The Kier molecular flexibility index (Phi) is 4.62. The minimum Gasteiger partial charge on any atom is -0.402 e. The summed E-state index contributed by atoms with van der Waals surface area (Å²) in [6.45, 7) is 3.91. The van der Waals surface area contributed by atoms with Crippen molar-refractivity contribution < 1.29 is 32.2 Å². The molecule has 0 radical (unpaired) electrons. The first-order valence-electron chi connectivity index (χ1n) is 11.0. The Morgan fingerprint density at radius 3 is 2.53 bits per heavy atom. The summed E-state index contributed by atoms with van der Waals surface area (Å²) in [5, 5.41) is 10.9. The summed E-state index contributed by atoms with van der Waals surface area (Å²) in [6.07, 6.45) is 0.182. The number of H-pyrrole nitrogens is 1. The Morgan fingerprint density at radius 1 is 1.28 bits per heavy atom. The van der Waals surface area contributed by atoms with Crippen LogP contribution in [0.5, 0.6) is 5.75 Å². The molecule has 9 heteroatoms. The van der Waals surface area contributed by atoms with Crippen molar-refractivity contribution in [2.24, 2.45) is 5.41 Å². The number of rotatable bonds is 4. The molecule has 3 unspecified atom stereocenters. The van der Waals surface area contributed by atoms with Crippen molar-refractivity contribution >= 4 is 16.8 Å². The number of benzene rings is 1. The minimum absolute atomic E-state index is 0.00419. The van der Waals surface area contributed by atoms with E-state index >= 15 is 0 Å². The first-order chi connectivity index (χ1) is 14.9. The van der Waals surface area contributed by atoms with E-state index in [9.17, 15) is 27.5 Å². The number of nitrogens with zero attached hydrogens (tertiary/aromatic N) is 1. The first kappa shape index (κ1) is 21.6. The Balaban J connectivity index is 1.41. The van der Waals surface area contributed by atoms with Crippen LogP contribution in [0, 0.1) is 11.2 Å². The zero-order chi connectivity index (χ0) is 23.1. The molecule has 1 aromatic carbocycles. The van der Waals surface area contributed by atoms with Gasteiger partial charge >= 0.3 is 6.36 Å². The summed E-state index contributed by atoms with van der Waals surface area (Å²) >= 11 is 0. The molecule has 174 valence electrons. The van der Waals surface area contributed by atoms with Gasteiger partial charge in [0.05, 0.1) is 5.60 Å². The van der Waals surface area contributed by atoms with Gasteiger partial charge in [0, 0.05) is 35.6 Å². The highest BCUT2D eigenvalue weighted by Gasteiger charge is 2.59. The second-order valence-electron chi connectivity index (χ2n) is 10.3. The third-order valence-corrected chi connectivity index (χ3v) is 7.53. The Hall–Kier alpha value is -2.29. The molecule has 3 atom stereocenters. The van der Waals surface area contributed by atoms with Gasteiger partial charge < -0.3 is 19.7 Å². The predicted molar refractivity (Wildman–Crippen MR) is 109 cm³/mol. The summed E-state index contributed by atoms with van der Waals surface area (Å²) < 4.78 is 56.9. The third kappa shape index (κ3) is 3.54. The van der Waals surface area contributed by atoms with E-state index in [2.05, 4.69) is 16.6 Å². The van der Waals surface area contributed by atoms with Crippen molar-refractivity contribution in [3.63, 3.8) is 0 Å². The van der Waals surface area contributed by atoms with Crippen molar-refractivity contribution in [3.8, 4) is 5.75 Å². The molecule has 2 saturated heterocycles. The highest BCUT2D eigenvalue weighted by molar-refractivity contribution is 5.91. The summed E-state index contributed by atoms with van der Waals surface area (Å²) in [5.74, 6) is -2.52. The lowest BCUT2D eigenvalue weighted by Gasteiger charge is -2.63. The lowest BCUT2D eigenvalue weighted by Crippen LogP contribution is -2.68. The van der Waals surface area contributed by atoms with E-state index in [-0.39, 0.29) is 35.2 Å². The molecular formula is C23H26F4N2O3. The van der Waals surface area contributed by atoms with Crippen molar-refractivity contribution in [2.75, 3.05) is 0 Å². The van der Waals surface area contributed by atoms with Crippen LogP contribution < -0.4 is 4.74 Å². The largest absolute Gasteiger partial charge is 0.573 e. The van der Waals surface area contributed by atoms with Crippen LogP contribution in [0.4, 0.5) is 17.6 Å². The normalized spacial score (nSPS) is 32.5. The molecule has 2 N–H and O–H groups in total. The molecule has 2 aliphatic carbocycles. The number of aromatic amines is 1. The number of ether oxygens (including phenoxy) is 1. The van der Waals surface area contributed by atoms with E-state index in [1.165, 1.54) is 12.3 Å². The fourth-order valence-electron chi connectivity index (χ4n) is 6.78. The molecule has 32 heavy (non-hydrogen) atoms. The molecule has 2 saturated carbocycles. The molecule has 1 amide bonds. The number of carbonyl (C=O) groups excluding carboxylic acids is 1. The lowest BCUT2D eigenvalue weighted by atomic mass is 9.54. The van der Waals surface area contributed by atoms with Gasteiger partial charge in [-0.3, -0.25) is 4.79 Å². The van der Waals surface area contributed by atoms with Crippen LogP contribution in [0.15, 0.2) is 18.3 Å². The third-order valence-electron chi connectivity index (χ3n) is 7.53. The topological polar surface area (TPSA) is 65.6 Å². The van der Waals surface area contributed by atoms with Crippen molar-refractivity contribution in [3.05, 3.63) is 29.7 Å². The van der Waals surface area contributed by atoms with E-state index in [0.717, 1.165) is 25.3 Å². The van der Waals surface area contributed by atoms with Crippen molar-refractivity contribution in [1.82, 2.24) is 9.88 Å². The van der Waals surface area contributed by atoms with Gasteiger partial charge in [0.1, 0.15) is 0 Å². The van der Waals surface area contributed by atoms with E-state index in [0.29, 0.717) is 23.9 Å². The average Bonchev–Trinajstić information content (AvgIpc) is 3.05. The number of aromatic nitrogens is 1. The van der Waals surface area contributed by atoms with Crippen LogP contribution in [0.1, 0.15) is 63.9 Å². The van der Waals surface area contributed by atoms with Crippen molar-refractivity contribution in [2.45, 2.75) is 82.3 Å². The maximum atomic E-state index is 14.3. The number of aliphatic hydroxyl groups is 1. The molecule has 4 aliphatic rings. The van der Waals surface area contributed by atoms with Gasteiger partial charge in [0.2, 0.25) is 5.91 Å². The standard InChI is InChI=1S/C23H26F4N2O3/c1-12(15-10-28-17-4-3-16(24)20(19(15)17)32-23(25,26)27)5-18(30)29-13-6-21(2)7-14(29)9-22(31,8-13)11-21/h3-4,10,12-14,28,31H,5-9,11H2,1-2H3. The molecule has 4 bridgehead atoms. The number of amides is 1. The number of fused-ring (bicyclic) bond motifs is 1. The van der Waals surface area contributed by atoms with Crippen LogP contribution in [-0.4, -0.2) is 44.9 Å². The number of halogens is 4. The highest BCUT2D eigenvalue weighted by atomic mass is 19.4. The maximum Gasteiger partial charge on any atom is 0.573 e. The van der Waals surface area contributed by atoms with Gasteiger partial charge in [0.25, 0.3) is 0 Å². The zero-order valence-electron chi connectivity index (χ0n) is 17.9. The van der Waals surface area contributed by atoms with Gasteiger partial charge in [-0.1, -0.05) is 13.8 Å². The van der Waals surface area contributed by atoms with E-state index in [1.807, 2.05) is 4.90 Å². The summed E-state index contributed by atoms with van der Waals surface area (Å²) in [5.41, 5.74) is 0.0512. The average molecular weight is 454 g/mol. The van der Waals surface area contributed by atoms with Gasteiger partial charge in [0.15, 0.2) is 11.6 Å². The van der Waals surface area contributed by atoms with Gasteiger partial charge in [-0.15, -0.1) is 13.2 Å². The minimum atomic E-state index is -5.04. The number of hydrogen-bond acceptors (Lipinski definition) is 3. The van der Waals surface area contributed by atoms with Crippen molar-refractivity contribution in [1.29, 1.82) is 0 Å². The van der Waals surface area contributed by atoms with Crippen LogP contribution in [0.25, 0.3) is 10.9 Å². The summed E-state index contributed by atoms with van der Waals surface area (Å²) in [7, 11) is 0. The van der Waals surface area contributed by atoms with Gasteiger partial charge in [-0.05, 0) is 61.1 Å². The smallest absolute Gasteiger partial charge is 0.402 e. The predicted octanol–water partition coefficient (Wildman–Crippen LogP) is 4.99. The van der Waals surface area contributed by atoms with E-state index in [4.69, 9.17) is 0 Å². The van der Waals surface area contributed by atoms with Crippen LogP contribution >= 0.6 is 0 Å². The Morgan fingerprint density at radius 2 is 1.94 bits per heavy atom. The number of nitrogens with one attached hydrogen (secondary N) is 1. The Labute approximate surface area is 182 Å². The van der Waals surface area contributed by atoms with Crippen LogP contribution in [0.3, 0.4) is 0 Å². The summed E-state index contributed by atoms with van der Waals surface area (Å²) in [4.78, 5) is 18.1. The second-order valence-corrected chi connectivity index (χ2v) is 10.3. The molecule has 2 aromatic rings. The van der Waals surface area contributed by atoms with E-state index < -0.39 is 29.4 Å². The molecule has 2 aliphatic heterocycles. The van der Waals surface area contributed by atoms with Crippen LogP contribution in [0.2, 0.25) is 0 Å². The maximum absolute atomic E-state index is 14.3. The molecule has 5 nitrogen and oxygen atoms in total. The van der Waals surface area contributed by atoms with Gasteiger partial charge in [-0.25, -0.2) is 4.39 Å². The molecule has 4 fully saturated rings. The summed E-state index contributed by atoms with van der Waals surface area (Å²) in [6, 6.07) is 2.24. The number of alkyl halides is 3. The lowest BCUT2D eigenvalue weighted by molar-refractivity contribution is -0.275. The number of carbonyl (C=O) groups is 1. The molecule has 1 aromatic heterocycles. The number of hydrogen-bond donors (Lipinski definition) is 2. The molecule has 6 rings (SSSR count). The fourth-order valence-corrected chi connectivity index (χ4v) is 6.78. The molecular weight excluding hydrogens is 428 g/mol. The van der Waals surface area contributed by atoms with Crippen LogP contribution in [-0.2, 0) is 4.79 Å². The fraction of sp³-hybridized carbons (Fsp3) is 0.609. The Bertz CT molecular complexity index is 1040. The quantitative estimate of drug-likeness (QED) is 0.640. The van der Waals surface area contributed by atoms with E-state index in [1.54, 1.807) is 6.92 Å². The highest BCUT2D eigenvalue weighted by Crippen LogP contribution is 2.57. The van der Waals surface area contributed by atoms with Gasteiger partial charge in [-0.2, -0.15) is 0 Å². The first-order valence-corrected chi connectivity index (χ1v) is 11.0. The molecule has 3 heterocycles. The molecule has 0 spiro atoms. The monoisotopic (exact) mass is 454 g/mol. The number of piperidine rings is 2. The zero-order valence-corrected chi connectivity index (χ0v) is 17.9.